The molecule has 7 heteroatoms. The molecular formula is C21H28N4O3. The van der Waals surface area contributed by atoms with Crippen molar-refractivity contribution in [2.45, 2.75) is 62.5 Å². The van der Waals surface area contributed by atoms with Crippen molar-refractivity contribution in [2.75, 3.05) is 13.2 Å². The van der Waals surface area contributed by atoms with Gasteiger partial charge in [0.05, 0.1) is 18.8 Å². The van der Waals surface area contributed by atoms with Crippen LogP contribution in [0.4, 0.5) is 4.79 Å². The molecule has 1 saturated carbocycles. The Morgan fingerprint density at radius 2 is 1.96 bits per heavy atom. The summed E-state index contributed by atoms with van der Waals surface area (Å²) in [6.45, 7) is 0.965. The van der Waals surface area contributed by atoms with Gasteiger partial charge in [-0.25, -0.2) is 9.78 Å². The van der Waals surface area contributed by atoms with Crippen LogP contribution in [-0.4, -0.2) is 56.6 Å². The number of amides is 1. The first-order valence-corrected chi connectivity index (χ1v) is 10.2. The number of piperidine rings is 1. The lowest BCUT2D eigenvalue weighted by Crippen LogP contribution is -2.50. The molecule has 2 N–H and O–H groups in total. The van der Waals surface area contributed by atoms with Crippen LogP contribution in [0.15, 0.2) is 36.7 Å². The highest BCUT2D eigenvalue weighted by Gasteiger charge is 2.37. The lowest BCUT2D eigenvalue weighted by atomic mass is 9.82. The Morgan fingerprint density at radius 3 is 2.64 bits per heavy atom. The number of H-pyrrole nitrogens is 1. The van der Waals surface area contributed by atoms with E-state index in [9.17, 15) is 9.90 Å². The van der Waals surface area contributed by atoms with Gasteiger partial charge >= 0.3 is 6.09 Å². The predicted molar refractivity (Wildman–Crippen MR) is 104 cm³/mol. The Labute approximate surface area is 165 Å². The molecule has 0 unspecified atom stereocenters. The molecule has 0 radical (unpaired) electrons. The normalized spacial score (nSPS) is 28.2. The SMILES string of the molecule is O=C(O)N1CCC[C@H](c2ncn[nH]2)[C@@H]1CO[C@H]1CC[C@@H](c2ccccc2)CC1. The predicted octanol–water partition coefficient (Wildman–Crippen LogP) is 3.77. The summed E-state index contributed by atoms with van der Waals surface area (Å²) in [6.07, 6.45) is 6.81. The molecule has 28 heavy (non-hydrogen) atoms. The fourth-order valence-electron chi connectivity index (χ4n) is 4.74. The Hall–Kier alpha value is -2.41. The highest BCUT2D eigenvalue weighted by molar-refractivity contribution is 5.65. The molecule has 0 bridgehead atoms. The summed E-state index contributed by atoms with van der Waals surface area (Å²) in [4.78, 5) is 17.6. The molecule has 1 aliphatic carbocycles. The number of aromatic nitrogens is 3. The standard InChI is InChI=1S/C21H28N4O3/c26-21(27)25-12-4-7-18(20-22-14-23-24-20)19(25)13-28-17-10-8-16(9-11-17)15-5-2-1-3-6-15/h1-3,5-6,14,16-19H,4,7-13H2,(H,26,27)(H,22,23,24)/t16-,17+,18-,19-/m0/s1. The molecule has 2 aromatic rings. The summed E-state index contributed by atoms with van der Waals surface area (Å²) >= 11 is 0. The van der Waals surface area contributed by atoms with Crippen molar-refractivity contribution in [2.24, 2.45) is 0 Å². The smallest absolute Gasteiger partial charge is 0.407 e. The van der Waals surface area contributed by atoms with E-state index in [1.807, 2.05) is 0 Å². The van der Waals surface area contributed by atoms with Crippen molar-refractivity contribution in [1.82, 2.24) is 20.1 Å². The lowest BCUT2D eigenvalue weighted by Gasteiger charge is -2.39. The summed E-state index contributed by atoms with van der Waals surface area (Å²) in [6, 6.07) is 10.5. The van der Waals surface area contributed by atoms with Gasteiger partial charge in [-0.15, -0.1) is 0 Å². The summed E-state index contributed by atoms with van der Waals surface area (Å²) in [5.41, 5.74) is 1.41. The van der Waals surface area contributed by atoms with E-state index in [0.29, 0.717) is 19.1 Å². The van der Waals surface area contributed by atoms with Crippen LogP contribution in [0.25, 0.3) is 0 Å². The molecule has 1 aromatic heterocycles. The van der Waals surface area contributed by atoms with Crippen LogP contribution in [-0.2, 0) is 4.74 Å². The topological polar surface area (TPSA) is 91.3 Å². The third kappa shape index (κ3) is 4.19. The van der Waals surface area contributed by atoms with Gasteiger partial charge in [0.15, 0.2) is 0 Å². The number of benzene rings is 1. The van der Waals surface area contributed by atoms with Crippen molar-refractivity contribution in [3.8, 4) is 0 Å². The van der Waals surface area contributed by atoms with Crippen molar-refractivity contribution in [1.29, 1.82) is 0 Å². The molecule has 2 heterocycles. The van der Waals surface area contributed by atoms with Gasteiger partial charge < -0.3 is 14.7 Å². The molecule has 7 nitrogen and oxygen atoms in total. The van der Waals surface area contributed by atoms with E-state index in [1.165, 1.54) is 16.8 Å². The monoisotopic (exact) mass is 384 g/mol. The number of hydrogen-bond acceptors (Lipinski definition) is 4. The van der Waals surface area contributed by atoms with Gasteiger partial charge in [-0.2, -0.15) is 5.10 Å². The Morgan fingerprint density at radius 1 is 1.18 bits per heavy atom. The van der Waals surface area contributed by atoms with Gasteiger partial charge in [0, 0.05) is 12.5 Å². The maximum absolute atomic E-state index is 11.8. The fraction of sp³-hybridized carbons (Fsp3) is 0.571. The summed E-state index contributed by atoms with van der Waals surface area (Å²) in [7, 11) is 0. The molecular weight excluding hydrogens is 356 g/mol. The van der Waals surface area contributed by atoms with Crippen molar-refractivity contribution < 1.29 is 14.6 Å². The number of carboxylic acid groups (broad SMARTS) is 1. The third-order valence-electron chi connectivity index (χ3n) is 6.26. The lowest BCUT2D eigenvalue weighted by molar-refractivity contribution is -0.0227. The molecule has 0 spiro atoms. The maximum Gasteiger partial charge on any atom is 0.407 e. The van der Waals surface area contributed by atoms with E-state index >= 15 is 0 Å². The minimum atomic E-state index is -0.884. The number of hydrogen-bond donors (Lipinski definition) is 2. The van der Waals surface area contributed by atoms with E-state index in [2.05, 4.69) is 45.5 Å². The molecule has 150 valence electrons. The number of likely N-dealkylation sites (tertiary alicyclic amines) is 1. The molecule has 2 fully saturated rings. The zero-order valence-corrected chi connectivity index (χ0v) is 16.0. The average Bonchev–Trinajstić information content (AvgIpc) is 3.27. The number of aromatic amines is 1. The zero-order valence-electron chi connectivity index (χ0n) is 16.0. The van der Waals surface area contributed by atoms with E-state index in [4.69, 9.17) is 4.74 Å². The van der Waals surface area contributed by atoms with Crippen molar-refractivity contribution in [3.05, 3.63) is 48.0 Å². The first-order chi connectivity index (χ1) is 13.7. The van der Waals surface area contributed by atoms with Crippen molar-refractivity contribution in [3.63, 3.8) is 0 Å². The molecule has 2 atom stereocenters. The van der Waals surface area contributed by atoms with Gasteiger partial charge in [-0.05, 0) is 50.0 Å². The second kappa shape index (κ2) is 8.73. The highest BCUT2D eigenvalue weighted by atomic mass is 16.5. The van der Waals surface area contributed by atoms with E-state index in [0.717, 1.165) is 44.3 Å². The third-order valence-corrected chi connectivity index (χ3v) is 6.26. The molecule has 1 aromatic carbocycles. The van der Waals surface area contributed by atoms with Crippen LogP contribution >= 0.6 is 0 Å². The number of ether oxygens (including phenoxy) is 1. The number of nitrogens with one attached hydrogen (secondary N) is 1. The molecule has 1 saturated heterocycles. The van der Waals surface area contributed by atoms with E-state index < -0.39 is 6.09 Å². The van der Waals surface area contributed by atoms with Crippen LogP contribution in [0.1, 0.15) is 61.7 Å². The van der Waals surface area contributed by atoms with E-state index in [-0.39, 0.29) is 18.1 Å². The Balaban J connectivity index is 1.36. The maximum atomic E-state index is 11.8. The largest absolute Gasteiger partial charge is 0.465 e. The van der Waals surface area contributed by atoms with Gasteiger partial charge in [0.2, 0.25) is 0 Å². The highest BCUT2D eigenvalue weighted by Crippen LogP contribution is 2.35. The number of nitrogens with zero attached hydrogens (tertiary/aromatic N) is 3. The van der Waals surface area contributed by atoms with Crippen LogP contribution in [0, 0.1) is 0 Å². The van der Waals surface area contributed by atoms with Gasteiger partial charge in [-0.3, -0.25) is 5.10 Å². The van der Waals surface area contributed by atoms with Gasteiger partial charge in [0.25, 0.3) is 0 Å². The Bertz CT molecular complexity index is 744. The van der Waals surface area contributed by atoms with Gasteiger partial charge in [0.1, 0.15) is 12.2 Å². The van der Waals surface area contributed by atoms with Crippen LogP contribution in [0.5, 0.6) is 0 Å². The average molecular weight is 384 g/mol. The first-order valence-electron chi connectivity index (χ1n) is 10.2. The summed E-state index contributed by atoms with van der Waals surface area (Å²) < 4.78 is 6.25. The van der Waals surface area contributed by atoms with Crippen LogP contribution in [0.2, 0.25) is 0 Å². The van der Waals surface area contributed by atoms with Crippen molar-refractivity contribution >= 4 is 6.09 Å². The minimum Gasteiger partial charge on any atom is -0.465 e. The number of carbonyl (C=O) groups is 1. The second-order valence-electron chi connectivity index (χ2n) is 7.88. The van der Waals surface area contributed by atoms with Gasteiger partial charge in [-0.1, -0.05) is 30.3 Å². The summed E-state index contributed by atoms with van der Waals surface area (Å²) in [5, 5.41) is 16.5. The number of rotatable bonds is 5. The Kier molecular flexibility index (Phi) is 5.90. The summed E-state index contributed by atoms with van der Waals surface area (Å²) in [5.74, 6) is 1.37. The van der Waals surface area contributed by atoms with Crippen LogP contribution < -0.4 is 0 Å². The molecule has 1 aliphatic heterocycles. The fourth-order valence-corrected chi connectivity index (χ4v) is 4.74. The zero-order chi connectivity index (χ0) is 19.3. The quantitative estimate of drug-likeness (QED) is 0.819. The molecule has 1 amide bonds. The molecule has 2 aliphatic rings. The van der Waals surface area contributed by atoms with Crippen LogP contribution in [0.3, 0.4) is 0 Å². The first kappa shape index (κ1) is 18.9. The van der Waals surface area contributed by atoms with E-state index in [1.54, 1.807) is 0 Å². The molecule has 4 rings (SSSR count). The minimum absolute atomic E-state index is 0.00741. The second-order valence-corrected chi connectivity index (χ2v) is 7.88.